The lowest BCUT2D eigenvalue weighted by Crippen LogP contribution is -2.20. The number of Topliss-reactive ketones (excluding diaryl/α,β-unsaturated/α-hetero) is 1. The average molecular weight is 266 g/mol. The summed E-state index contributed by atoms with van der Waals surface area (Å²) in [4.78, 5) is 23.1. The van der Waals surface area contributed by atoms with Crippen molar-refractivity contribution >= 4 is 29.1 Å². The standard InChI is InChI=1S/C13H18N2O2S/c1-9(7-14)18-8-13(17)15-12-6-4-3-5-11(12)10(2)16/h3-6,9H,7-8,14H2,1-2H3,(H,15,17). The molecule has 0 radical (unpaired) electrons. The van der Waals surface area contributed by atoms with E-state index < -0.39 is 0 Å². The summed E-state index contributed by atoms with van der Waals surface area (Å²) in [6, 6.07) is 6.99. The molecular formula is C13H18N2O2S. The maximum atomic E-state index is 11.7. The third kappa shape index (κ3) is 4.50. The molecule has 4 nitrogen and oxygen atoms in total. The van der Waals surface area contributed by atoms with Crippen molar-refractivity contribution in [3.63, 3.8) is 0 Å². The van der Waals surface area contributed by atoms with Crippen LogP contribution in [0.3, 0.4) is 0 Å². The Balaban J connectivity index is 2.62. The van der Waals surface area contributed by atoms with Gasteiger partial charge in [0.2, 0.25) is 5.91 Å². The number of carbonyl (C=O) groups excluding carboxylic acids is 2. The van der Waals surface area contributed by atoms with Crippen LogP contribution in [0.5, 0.6) is 0 Å². The van der Waals surface area contributed by atoms with Crippen LogP contribution in [0.25, 0.3) is 0 Å². The summed E-state index contributed by atoms with van der Waals surface area (Å²) in [7, 11) is 0. The molecule has 1 aromatic rings. The summed E-state index contributed by atoms with van der Waals surface area (Å²) in [5.41, 5.74) is 6.57. The van der Waals surface area contributed by atoms with Crippen LogP contribution in [0.1, 0.15) is 24.2 Å². The molecule has 1 aromatic carbocycles. The van der Waals surface area contributed by atoms with Crippen molar-refractivity contribution in [2.45, 2.75) is 19.1 Å². The highest BCUT2D eigenvalue weighted by molar-refractivity contribution is 8.00. The molecule has 1 rings (SSSR count). The molecule has 0 aliphatic rings. The van der Waals surface area contributed by atoms with Gasteiger partial charge in [-0.05, 0) is 19.1 Å². The fraction of sp³-hybridized carbons (Fsp3) is 0.385. The number of hydrogen-bond donors (Lipinski definition) is 2. The normalized spacial score (nSPS) is 11.9. The van der Waals surface area contributed by atoms with Gasteiger partial charge >= 0.3 is 0 Å². The molecule has 0 heterocycles. The summed E-state index contributed by atoms with van der Waals surface area (Å²) in [5.74, 6) is 0.160. The number of nitrogens with one attached hydrogen (secondary N) is 1. The Morgan fingerprint density at radius 1 is 1.39 bits per heavy atom. The molecule has 1 unspecified atom stereocenters. The van der Waals surface area contributed by atoms with E-state index in [0.717, 1.165) is 0 Å². The smallest absolute Gasteiger partial charge is 0.234 e. The first-order valence-corrected chi connectivity index (χ1v) is 6.81. The van der Waals surface area contributed by atoms with Gasteiger partial charge in [-0.25, -0.2) is 0 Å². The number of ketones is 1. The first kappa shape index (κ1) is 14.7. The van der Waals surface area contributed by atoms with E-state index in [1.807, 2.05) is 6.92 Å². The monoisotopic (exact) mass is 266 g/mol. The molecule has 1 amide bonds. The Morgan fingerprint density at radius 3 is 2.67 bits per heavy atom. The Labute approximate surface area is 111 Å². The van der Waals surface area contributed by atoms with Crippen molar-refractivity contribution in [3.8, 4) is 0 Å². The summed E-state index contributed by atoms with van der Waals surface area (Å²) < 4.78 is 0. The highest BCUT2D eigenvalue weighted by Gasteiger charge is 2.10. The van der Waals surface area contributed by atoms with Gasteiger partial charge in [0.05, 0.1) is 11.4 Å². The number of thioether (sulfide) groups is 1. The van der Waals surface area contributed by atoms with E-state index in [-0.39, 0.29) is 16.9 Å². The summed E-state index contributed by atoms with van der Waals surface area (Å²) in [5, 5.41) is 3.00. The molecule has 18 heavy (non-hydrogen) atoms. The molecule has 0 saturated heterocycles. The Hall–Kier alpha value is -1.33. The summed E-state index contributed by atoms with van der Waals surface area (Å²) in [6.07, 6.45) is 0. The fourth-order valence-electron chi connectivity index (χ4n) is 1.37. The third-order valence-electron chi connectivity index (χ3n) is 2.41. The van der Waals surface area contributed by atoms with E-state index in [1.54, 1.807) is 24.3 Å². The van der Waals surface area contributed by atoms with Crippen molar-refractivity contribution in [1.82, 2.24) is 0 Å². The third-order valence-corrected chi connectivity index (χ3v) is 3.60. The number of anilines is 1. The Kier molecular flexibility index (Phi) is 5.88. The molecule has 0 aliphatic heterocycles. The van der Waals surface area contributed by atoms with E-state index in [9.17, 15) is 9.59 Å². The quantitative estimate of drug-likeness (QED) is 0.771. The molecule has 1 atom stereocenters. The van der Waals surface area contributed by atoms with Gasteiger partial charge in [-0.15, -0.1) is 11.8 Å². The van der Waals surface area contributed by atoms with E-state index in [2.05, 4.69) is 5.32 Å². The lowest BCUT2D eigenvalue weighted by atomic mass is 10.1. The van der Waals surface area contributed by atoms with Crippen LogP contribution in [0, 0.1) is 0 Å². The SMILES string of the molecule is CC(=O)c1ccccc1NC(=O)CSC(C)CN. The van der Waals surface area contributed by atoms with E-state index in [1.165, 1.54) is 18.7 Å². The lowest BCUT2D eigenvalue weighted by Gasteiger charge is -2.10. The molecule has 5 heteroatoms. The molecule has 98 valence electrons. The second-order valence-electron chi connectivity index (χ2n) is 4.01. The zero-order valence-electron chi connectivity index (χ0n) is 10.6. The van der Waals surface area contributed by atoms with Gasteiger partial charge in [-0.1, -0.05) is 19.1 Å². The van der Waals surface area contributed by atoms with Crippen LogP contribution in [0.2, 0.25) is 0 Å². The second kappa shape index (κ2) is 7.18. The fourth-order valence-corrected chi connectivity index (χ4v) is 2.02. The van der Waals surface area contributed by atoms with Crippen molar-refractivity contribution in [1.29, 1.82) is 0 Å². The van der Waals surface area contributed by atoms with Gasteiger partial charge in [0, 0.05) is 17.4 Å². The Bertz CT molecular complexity index is 435. The summed E-state index contributed by atoms with van der Waals surface area (Å²) in [6.45, 7) is 4.00. The van der Waals surface area contributed by atoms with Gasteiger partial charge < -0.3 is 11.1 Å². The number of para-hydroxylation sites is 1. The zero-order valence-corrected chi connectivity index (χ0v) is 11.4. The molecule has 3 N–H and O–H groups in total. The van der Waals surface area contributed by atoms with Gasteiger partial charge in [0.15, 0.2) is 5.78 Å². The predicted octanol–water partition coefficient (Wildman–Crippen LogP) is 1.91. The Morgan fingerprint density at radius 2 is 2.06 bits per heavy atom. The number of nitrogens with two attached hydrogens (primary N) is 1. The van der Waals surface area contributed by atoms with Crippen LogP contribution in [0.4, 0.5) is 5.69 Å². The molecular weight excluding hydrogens is 248 g/mol. The highest BCUT2D eigenvalue weighted by Crippen LogP contribution is 2.16. The van der Waals surface area contributed by atoms with Crippen molar-refractivity contribution in [2.75, 3.05) is 17.6 Å². The number of carbonyl (C=O) groups is 2. The molecule has 0 fully saturated rings. The van der Waals surface area contributed by atoms with E-state index >= 15 is 0 Å². The lowest BCUT2D eigenvalue weighted by molar-refractivity contribution is -0.113. The minimum absolute atomic E-state index is 0.0612. The average Bonchev–Trinajstić information content (AvgIpc) is 2.36. The van der Waals surface area contributed by atoms with Gasteiger partial charge in [0.1, 0.15) is 0 Å². The minimum atomic E-state index is -0.117. The number of rotatable bonds is 6. The maximum absolute atomic E-state index is 11.7. The van der Waals surface area contributed by atoms with Gasteiger partial charge in [0.25, 0.3) is 0 Å². The molecule has 0 saturated carbocycles. The van der Waals surface area contributed by atoms with Crippen molar-refractivity contribution in [3.05, 3.63) is 29.8 Å². The van der Waals surface area contributed by atoms with Gasteiger partial charge in [-0.3, -0.25) is 9.59 Å². The maximum Gasteiger partial charge on any atom is 0.234 e. The van der Waals surface area contributed by atoms with E-state index in [4.69, 9.17) is 5.73 Å². The largest absolute Gasteiger partial charge is 0.329 e. The molecule has 0 bridgehead atoms. The number of amides is 1. The molecule has 0 spiro atoms. The van der Waals surface area contributed by atoms with Crippen molar-refractivity contribution in [2.24, 2.45) is 5.73 Å². The molecule has 0 aromatic heterocycles. The van der Waals surface area contributed by atoms with Crippen LogP contribution in [-0.4, -0.2) is 29.2 Å². The second-order valence-corrected chi connectivity index (χ2v) is 5.43. The zero-order chi connectivity index (χ0) is 13.5. The highest BCUT2D eigenvalue weighted by atomic mass is 32.2. The van der Waals surface area contributed by atoms with Crippen LogP contribution >= 0.6 is 11.8 Å². The number of hydrogen-bond acceptors (Lipinski definition) is 4. The summed E-state index contributed by atoms with van der Waals surface area (Å²) >= 11 is 1.50. The van der Waals surface area contributed by atoms with Crippen LogP contribution in [0.15, 0.2) is 24.3 Å². The van der Waals surface area contributed by atoms with Gasteiger partial charge in [-0.2, -0.15) is 0 Å². The topological polar surface area (TPSA) is 72.2 Å². The predicted molar refractivity (Wildman–Crippen MR) is 76.1 cm³/mol. The number of benzene rings is 1. The first-order chi connectivity index (χ1) is 8.54. The van der Waals surface area contributed by atoms with Crippen LogP contribution < -0.4 is 11.1 Å². The minimum Gasteiger partial charge on any atom is -0.329 e. The molecule has 0 aliphatic carbocycles. The van der Waals surface area contributed by atoms with E-state index in [0.29, 0.717) is 23.5 Å². The van der Waals surface area contributed by atoms with Crippen LogP contribution in [-0.2, 0) is 4.79 Å². The van der Waals surface area contributed by atoms with Crippen molar-refractivity contribution < 1.29 is 9.59 Å². The first-order valence-electron chi connectivity index (χ1n) is 5.76.